The van der Waals surface area contributed by atoms with Gasteiger partial charge in [-0.1, -0.05) is 27.5 Å². The first kappa shape index (κ1) is 14.6. The molecule has 1 N–H and O–H groups in total. The minimum atomic E-state index is 0.614. The van der Waals surface area contributed by atoms with Crippen LogP contribution in [0.5, 0.6) is 5.75 Å². The van der Waals surface area contributed by atoms with Crippen molar-refractivity contribution in [1.82, 2.24) is 9.55 Å². The number of benzene rings is 2. The molecule has 0 atom stereocenters. The Bertz CT molecular complexity index is 901. The van der Waals surface area contributed by atoms with Crippen LogP contribution in [0.4, 0.5) is 0 Å². The van der Waals surface area contributed by atoms with Crippen LogP contribution in [0.1, 0.15) is 5.56 Å². The molecule has 0 aliphatic rings. The minimum Gasteiger partial charge on any atom is -0.495 e. The Morgan fingerprint density at radius 3 is 2.76 bits per heavy atom. The monoisotopic (exact) mass is 382 g/mol. The molecule has 3 aromatic rings. The van der Waals surface area contributed by atoms with Gasteiger partial charge in [-0.3, -0.25) is 4.57 Å². The highest BCUT2D eigenvalue weighted by Gasteiger charge is 2.13. The summed E-state index contributed by atoms with van der Waals surface area (Å²) < 4.78 is 9.02. The van der Waals surface area contributed by atoms with Crippen molar-refractivity contribution in [2.45, 2.75) is 6.92 Å². The summed E-state index contributed by atoms with van der Waals surface area (Å²) in [6, 6.07) is 9.77. The zero-order valence-corrected chi connectivity index (χ0v) is 14.6. The largest absolute Gasteiger partial charge is 0.495 e. The van der Waals surface area contributed by atoms with Gasteiger partial charge in [0.1, 0.15) is 5.75 Å². The molecule has 0 amide bonds. The zero-order valence-electron chi connectivity index (χ0n) is 11.4. The van der Waals surface area contributed by atoms with Crippen LogP contribution in [0, 0.1) is 11.7 Å². The summed E-state index contributed by atoms with van der Waals surface area (Å²) in [6.07, 6.45) is 0. The van der Waals surface area contributed by atoms with Crippen LogP contribution >= 0.6 is 39.7 Å². The van der Waals surface area contributed by atoms with E-state index >= 15 is 0 Å². The molecule has 3 nitrogen and oxygen atoms in total. The highest BCUT2D eigenvalue weighted by Crippen LogP contribution is 2.32. The molecule has 0 aliphatic carbocycles. The maximum Gasteiger partial charge on any atom is 0.182 e. The summed E-state index contributed by atoms with van der Waals surface area (Å²) in [4.78, 5) is 3.21. The van der Waals surface area contributed by atoms with E-state index in [4.69, 9.17) is 28.6 Å². The molecule has 0 spiro atoms. The van der Waals surface area contributed by atoms with Crippen LogP contribution in [-0.4, -0.2) is 16.7 Å². The van der Waals surface area contributed by atoms with Crippen molar-refractivity contribution in [2.75, 3.05) is 7.11 Å². The lowest BCUT2D eigenvalue weighted by molar-refractivity contribution is 0.413. The number of methoxy groups -OCH3 is 1. The van der Waals surface area contributed by atoms with Crippen LogP contribution in [0.2, 0.25) is 5.02 Å². The van der Waals surface area contributed by atoms with Gasteiger partial charge in [-0.2, -0.15) is 0 Å². The topological polar surface area (TPSA) is 29.9 Å². The standard InChI is InChI=1S/C15H12BrClN2OS/c1-8-5-13(14(20-2)7-10(8)17)19-12-6-9(16)3-4-11(12)18-15(19)21/h3-7H,1-2H3,(H,18,21). The van der Waals surface area contributed by atoms with Crippen molar-refractivity contribution in [1.29, 1.82) is 0 Å². The maximum absolute atomic E-state index is 6.18. The van der Waals surface area contributed by atoms with Gasteiger partial charge in [0.2, 0.25) is 0 Å². The van der Waals surface area contributed by atoms with Gasteiger partial charge in [-0.15, -0.1) is 0 Å². The van der Waals surface area contributed by atoms with E-state index in [0.29, 0.717) is 15.5 Å². The van der Waals surface area contributed by atoms with Gasteiger partial charge in [-0.05, 0) is 49.0 Å². The third kappa shape index (κ3) is 2.50. The summed E-state index contributed by atoms with van der Waals surface area (Å²) in [6.45, 7) is 1.96. The fourth-order valence-corrected chi connectivity index (χ4v) is 3.11. The molecule has 108 valence electrons. The van der Waals surface area contributed by atoms with E-state index in [1.165, 1.54) is 0 Å². The highest BCUT2D eigenvalue weighted by molar-refractivity contribution is 9.10. The number of hydrogen-bond acceptors (Lipinski definition) is 2. The molecule has 2 aromatic carbocycles. The SMILES string of the molecule is COc1cc(Cl)c(C)cc1-n1c(=S)[nH]c2ccc(Br)cc21. The molecular weight excluding hydrogens is 372 g/mol. The smallest absolute Gasteiger partial charge is 0.182 e. The summed E-state index contributed by atoms with van der Waals surface area (Å²) in [5.41, 5.74) is 3.79. The number of aromatic nitrogens is 2. The second kappa shape index (κ2) is 5.48. The molecule has 1 heterocycles. The quantitative estimate of drug-likeness (QED) is 0.599. The number of fused-ring (bicyclic) bond motifs is 1. The van der Waals surface area contributed by atoms with E-state index in [1.54, 1.807) is 7.11 Å². The van der Waals surface area contributed by atoms with Gasteiger partial charge in [0.25, 0.3) is 0 Å². The first-order valence-corrected chi connectivity index (χ1v) is 7.84. The second-order valence-corrected chi connectivity index (χ2v) is 6.41. The zero-order chi connectivity index (χ0) is 15.1. The third-order valence-electron chi connectivity index (χ3n) is 3.35. The van der Waals surface area contributed by atoms with Crippen LogP contribution in [-0.2, 0) is 0 Å². The molecule has 0 saturated heterocycles. The Balaban J connectivity index is 2.40. The number of nitrogens with zero attached hydrogens (tertiary/aromatic N) is 1. The minimum absolute atomic E-state index is 0.614. The van der Waals surface area contributed by atoms with Gasteiger partial charge in [-0.25, -0.2) is 0 Å². The Morgan fingerprint density at radius 2 is 2.05 bits per heavy atom. The maximum atomic E-state index is 6.18. The molecule has 0 bridgehead atoms. The number of nitrogens with one attached hydrogen (secondary N) is 1. The molecule has 0 unspecified atom stereocenters. The average molecular weight is 384 g/mol. The lowest BCUT2D eigenvalue weighted by Crippen LogP contribution is -1.99. The van der Waals surface area contributed by atoms with E-state index in [-0.39, 0.29) is 0 Å². The predicted octanol–water partition coefficient (Wildman–Crippen LogP) is 5.42. The van der Waals surface area contributed by atoms with E-state index in [2.05, 4.69) is 20.9 Å². The fraction of sp³-hybridized carbons (Fsp3) is 0.133. The van der Waals surface area contributed by atoms with E-state index in [1.807, 2.05) is 41.8 Å². The second-order valence-electron chi connectivity index (χ2n) is 4.70. The molecule has 21 heavy (non-hydrogen) atoms. The average Bonchev–Trinajstić information content (AvgIpc) is 2.76. The number of halogens is 2. The number of imidazole rings is 1. The lowest BCUT2D eigenvalue weighted by Gasteiger charge is -2.12. The Morgan fingerprint density at radius 1 is 1.29 bits per heavy atom. The van der Waals surface area contributed by atoms with E-state index in [9.17, 15) is 0 Å². The lowest BCUT2D eigenvalue weighted by atomic mass is 10.2. The van der Waals surface area contributed by atoms with E-state index < -0.39 is 0 Å². The highest BCUT2D eigenvalue weighted by atomic mass is 79.9. The first-order valence-electron chi connectivity index (χ1n) is 6.26. The Hall–Kier alpha value is -1.30. The van der Waals surface area contributed by atoms with Gasteiger partial charge in [0, 0.05) is 15.6 Å². The summed E-state index contributed by atoms with van der Waals surface area (Å²) in [5.74, 6) is 0.683. The molecule has 0 aliphatic heterocycles. The summed E-state index contributed by atoms with van der Waals surface area (Å²) in [5, 5.41) is 0.670. The predicted molar refractivity (Wildman–Crippen MR) is 92.5 cm³/mol. The van der Waals surface area contributed by atoms with Crippen LogP contribution in [0.15, 0.2) is 34.8 Å². The Labute approximate surface area is 140 Å². The van der Waals surface area contributed by atoms with Crippen molar-refractivity contribution in [3.63, 3.8) is 0 Å². The van der Waals surface area contributed by atoms with Gasteiger partial charge in [0.05, 0.1) is 23.8 Å². The van der Waals surface area contributed by atoms with Crippen LogP contribution < -0.4 is 4.74 Å². The number of aryl methyl sites for hydroxylation is 1. The molecule has 6 heteroatoms. The number of ether oxygens (including phenoxy) is 1. The van der Waals surface area contributed by atoms with Crippen molar-refractivity contribution < 1.29 is 4.74 Å². The molecule has 0 radical (unpaired) electrons. The molecule has 3 rings (SSSR count). The van der Waals surface area contributed by atoms with Crippen LogP contribution in [0.3, 0.4) is 0 Å². The number of hydrogen-bond donors (Lipinski definition) is 1. The molecule has 0 saturated carbocycles. The number of H-pyrrole nitrogens is 1. The molecule has 1 aromatic heterocycles. The Kier molecular flexibility index (Phi) is 3.82. The summed E-state index contributed by atoms with van der Waals surface area (Å²) >= 11 is 15.1. The van der Waals surface area contributed by atoms with Gasteiger partial charge < -0.3 is 9.72 Å². The number of rotatable bonds is 2. The third-order valence-corrected chi connectivity index (χ3v) is 4.53. The molecular formula is C15H12BrClN2OS. The van der Waals surface area contributed by atoms with Crippen LogP contribution in [0.25, 0.3) is 16.7 Å². The van der Waals surface area contributed by atoms with Crippen molar-refractivity contribution >= 4 is 50.8 Å². The number of aromatic amines is 1. The fourth-order valence-electron chi connectivity index (χ4n) is 2.30. The van der Waals surface area contributed by atoms with Crippen molar-refractivity contribution in [2.24, 2.45) is 0 Å². The van der Waals surface area contributed by atoms with Crippen molar-refractivity contribution in [3.8, 4) is 11.4 Å². The van der Waals surface area contributed by atoms with Gasteiger partial charge in [0.15, 0.2) is 4.77 Å². The molecule has 0 fully saturated rings. The van der Waals surface area contributed by atoms with Gasteiger partial charge >= 0.3 is 0 Å². The first-order chi connectivity index (χ1) is 10.0. The van der Waals surface area contributed by atoms with Crippen molar-refractivity contribution in [3.05, 3.63) is 50.2 Å². The normalized spacial score (nSPS) is 11.0. The van der Waals surface area contributed by atoms with E-state index in [0.717, 1.165) is 26.8 Å². The summed E-state index contributed by atoms with van der Waals surface area (Å²) in [7, 11) is 1.62.